The number of aromatic nitrogens is 1. The molecule has 1 aliphatic heterocycles. The molecule has 0 unspecified atom stereocenters. The predicted octanol–water partition coefficient (Wildman–Crippen LogP) is 4.27. The maximum atomic E-state index is 13.9. The van der Waals surface area contributed by atoms with Crippen molar-refractivity contribution in [3.05, 3.63) is 120 Å². The molecule has 3 aromatic carbocycles. The summed E-state index contributed by atoms with van der Waals surface area (Å²) < 4.78 is 44.2. The molecule has 2 heterocycles. The molecule has 5 rings (SSSR count). The Hall–Kier alpha value is -4.48. The third kappa shape index (κ3) is 6.18. The van der Waals surface area contributed by atoms with Crippen molar-refractivity contribution < 1.29 is 26.9 Å². The summed E-state index contributed by atoms with van der Waals surface area (Å²) in [6.45, 7) is 7.55. The monoisotopic (exact) mass is 618 g/mol. The average molecular weight is 619 g/mol. The van der Waals surface area contributed by atoms with Crippen LogP contribution in [-0.2, 0) is 19.6 Å². The number of benzene rings is 3. The number of thiazole rings is 1. The van der Waals surface area contributed by atoms with Gasteiger partial charge in [-0.1, -0.05) is 65.4 Å². The molecule has 0 amide bonds. The standard InChI is InChI=1S/C32H30N2O7S2/c1-5-39-26-18-22(14-17-25(26)41-43(37,38)24-15-12-20(3)13-16-24)19-27-30(35)34-29(23-10-8-7-9-11-23)28(31(36)40-6-2)21(4)33-32(34)42-27/h7-19,29H,5-6H2,1-4H3/t29-/m0/s1. The Labute approximate surface area is 253 Å². The van der Waals surface area contributed by atoms with Crippen molar-refractivity contribution in [2.75, 3.05) is 13.2 Å². The Morgan fingerprint density at radius 3 is 2.37 bits per heavy atom. The molecule has 1 atom stereocenters. The highest BCUT2D eigenvalue weighted by Gasteiger charge is 2.33. The molecule has 222 valence electrons. The summed E-state index contributed by atoms with van der Waals surface area (Å²) in [5, 5.41) is 0. The first-order chi connectivity index (χ1) is 20.6. The summed E-state index contributed by atoms with van der Waals surface area (Å²) in [5.74, 6) is -0.286. The number of carbonyl (C=O) groups is 1. The molecule has 4 aromatic rings. The van der Waals surface area contributed by atoms with E-state index in [4.69, 9.17) is 13.7 Å². The summed E-state index contributed by atoms with van der Waals surface area (Å²) in [4.78, 5) is 31.9. The van der Waals surface area contributed by atoms with Gasteiger partial charge in [-0.15, -0.1) is 0 Å². The summed E-state index contributed by atoms with van der Waals surface area (Å²) in [6, 6.07) is 19.7. The lowest BCUT2D eigenvalue weighted by Crippen LogP contribution is -2.39. The molecule has 0 N–H and O–H groups in total. The number of nitrogens with zero attached hydrogens (tertiary/aromatic N) is 2. The van der Waals surface area contributed by atoms with Crippen molar-refractivity contribution in [1.82, 2.24) is 4.57 Å². The van der Waals surface area contributed by atoms with E-state index in [9.17, 15) is 18.0 Å². The van der Waals surface area contributed by atoms with Crippen LogP contribution in [0.5, 0.6) is 11.5 Å². The normalized spacial score (nSPS) is 15.1. The highest BCUT2D eigenvalue weighted by Crippen LogP contribution is 2.32. The highest BCUT2D eigenvalue weighted by atomic mass is 32.2. The Bertz CT molecular complexity index is 1990. The van der Waals surface area contributed by atoms with Crippen molar-refractivity contribution in [2.45, 2.75) is 38.6 Å². The fraction of sp³-hybridized carbons (Fsp3) is 0.219. The molecule has 0 fully saturated rings. The van der Waals surface area contributed by atoms with E-state index in [1.165, 1.54) is 34.1 Å². The Kier molecular flexibility index (Phi) is 8.65. The zero-order valence-electron chi connectivity index (χ0n) is 24.1. The third-order valence-corrected chi connectivity index (χ3v) is 8.94. The van der Waals surface area contributed by atoms with E-state index in [1.54, 1.807) is 51.1 Å². The van der Waals surface area contributed by atoms with E-state index in [-0.39, 0.29) is 35.2 Å². The molecule has 9 nitrogen and oxygen atoms in total. The number of hydrogen-bond acceptors (Lipinski definition) is 9. The van der Waals surface area contributed by atoms with Gasteiger partial charge >= 0.3 is 16.1 Å². The van der Waals surface area contributed by atoms with Crippen LogP contribution in [0, 0.1) is 6.92 Å². The summed E-state index contributed by atoms with van der Waals surface area (Å²) >= 11 is 1.19. The number of rotatable bonds is 9. The van der Waals surface area contributed by atoms with Crippen molar-refractivity contribution in [1.29, 1.82) is 0 Å². The zero-order valence-corrected chi connectivity index (χ0v) is 25.7. The molecule has 0 saturated carbocycles. The van der Waals surface area contributed by atoms with Gasteiger partial charge in [0.1, 0.15) is 4.90 Å². The van der Waals surface area contributed by atoms with Crippen LogP contribution >= 0.6 is 11.3 Å². The molecule has 1 aliphatic rings. The Balaban J connectivity index is 1.57. The quantitative estimate of drug-likeness (QED) is 0.203. The SMILES string of the molecule is CCOC(=O)C1=C(C)N=c2sc(=Cc3ccc(OS(=O)(=O)c4ccc(C)cc4)c(OCC)c3)c(=O)n2[C@H]1c1ccccc1. The second-order valence-electron chi connectivity index (χ2n) is 9.70. The highest BCUT2D eigenvalue weighted by molar-refractivity contribution is 7.87. The van der Waals surface area contributed by atoms with Crippen molar-refractivity contribution in [3.63, 3.8) is 0 Å². The van der Waals surface area contributed by atoms with Crippen LogP contribution in [0.1, 0.15) is 43.5 Å². The minimum Gasteiger partial charge on any atom is -0.490 e. The number of aryl methyl sites for hydroxylation is 1. The van der Waals surface area contributed by atoms with Gasteiger partial charge in [-0.3, -0.25) is 9.36 Å². The van der Waals surface area contributed by atoms with E-state index in [0.29, 0.717) is 26.2 Å². The minimum atomic E-state index is -4.10. The fourth-order valence-corrected chi connectivity index (χ4v) is 6.70. The number of hydrogen-bond donors (Lipinski definition) is 0. The first kappa shape index (κ1) is 30.0. The molecule has 0 radical (unpaired) electrons. The summed E-state index contributed by atoms with van der Waals surface area (Å²) in [6.07, 6.45) is 1.68. The van der Waals surface area contributed by atoms with E-state index in [1.807, 2.05) is 37.3 Å². The fourth-order valence-electron chi connectivity index (χ4n) is 4.72. The molecule has 0 saturated heterocycles. The molecule has 0 bridgehead atoms. The van der Waals surface area contributed by atoms with Crippen LogP contribution in [-0.4, -0.2) is 32.2 Å². The van der Waals surface area contributed by atoms with Gasteiger partial charge in [-0.05, 0) is 69.2 Å². The van der Waals surface area contributed by atoms with Gasteiger partial charge in [-0.25, -0.2) is 9.79 Å². The molecule has 43 heavy (non-hydrogen) atoms. The van der Waals surface area contributed by atoms with Gasteiger partial charge < -0.3 is 13.7 Å². The van der Waals surface area contributed by atoms with Crippen LogP contribution in [0.4, 0.5) is 0 Å². The third-order valence-electron chi connectivity index (χ3n) is 6.71. The van der Waals surface area contributed by atoms with Gasteiger partial charge in [0.2, 0.25) is 0 Å². The topological polar surface area (TPSA) is 113 Å². The smallest absolute Gasteiger partial charge is 0.339 e. The number of ether oxygens (including phenoxy) is 2. The van der Waals surface area contributed by atoms with Crippen molar-refractivity contribution in [2.24, 2.45) is 4.99 Å². The zero-order chi connectivity index (χ0) is 30.7. The largest absolute Gasteiger partial charge is 0.490 e. The lowest BCUT2D eigenvalue weighted by molar-refractivity contribution is -0.139. The molecule has 1 aromatic heterocycles. The molecule has 11 heteroatoms. The summed E-state index contributed by atoms with van der Waals surface area (Å²) in [5.41, 5.74) is 2.73. The van der Waals surface area contributed by atoms with E-state index in [2.05, 4.69) is 4.99 Å². The molecule has 0 aliphatic carbocycles. The molecular formula is C32H30N2O7S2. The van der Waals surface area contributed by atoms with Crippen LogP contribution in [0.25, 0.3) is 6.08 Å². The van der Waals surface area contributed by atoms with Crippen LogP contribution in [0.15, 0.2) is 98.7 Å². The minimum absolute atomic E-state index is 0.0242. The second-order valence-corrected chi connectivity index (χ2v) is 12.3. The lowest BCUT2D eigenvalue weighted by Gasteiger charge is -2.24. The van der Waals surface area contributed by atoms with Crippen LogP contribution in [0.3, 0.4) is 0 Å². The van der Waals surface area contributed by atoms with Crippen molar-refractivity contribution >= 4 is 33.5 Å². The number of esters is 1. The van der Waals surface area contributed by atoms with Gasteiger partial charge in [0.15, 0.2) is 16.3 Å². The molecule has 0 spiro atoms. The van der Waals surface area contributed by atoms with Crippen molar-refractivity contribution in [3.8, 4) is 11.5 Å². The number of carbonyl (C=O) groups excluding carboxylic acids is 1. The first-order valence-corrected chi connectivity index (χ1v) is 15.9. The predicted molar refractivity (Wildman–Crippen MR) is 163 cm³/mol. The van der Waals surface area contributed by atoms with Gasteiger partial charge in [0.05, 0.1) is 35.1 Å². The average Bonchev–Trinajstić information content (AvgIpc) is 3.28. The number of fused-ring (bicyclic) bond motifs is 1. The molecular weight excluding hydrogens is 588 g/mol. The van der Waals surface area contributed by atoms with Gasteiger partial charge in [-0.2, -0.15) is 8.42 Å². The van der Waals surface area contributed by atoms with E-state index < -0.39 is 22.1 Å². The van der Waals surface area contributed by atoms with Gasteiger partial charge in [0.25, 0.3) is 5.56 Å². The second kappa shape index (κ2) is 12.4. The number of allylic oxidation sites excluding steroid dienone is 1. The van der Waals surface area contributed by atoms with E-state index in [0.717, 1.165) is 11.1 Å². The Morgan fingerprint density at radius 1 is 0.977 bits per heavy atom. The van der Waals surface area contributed by atoms with Crippen LogP contribution < -0.4 is 23.8 Å². The maximum Gasteiger partial charge on any atom is 0.339 e. The maximum absolute atomic E-state index is 13.9. The lowest BCUT2D eigenvalue weighted by atomic mass is 9.96. The van der Waals surface area contributed by atoms with E-state index >= 15 is 0 Å². The summed E-state index contributed by atoms with van der Waals surface area (Å²) in [7, 11) is -4.10. The van der Waals surface area contributed by atoms with Gasteiger partial charge in [0, 0.05) is 0 Å². The van der Waals surface area contributed by atoms with Crippen LogP contribution in [0.2, 0.25) is 0 Å². The first-order valence-electron chi connectivity index (χ1n) is 13.7. The Morgan fingerprint density at radius 2 is 1.70 bits per heavy atom.